The summed E-state index contributed by atoms with van der Waals surface area (Å²) in [6, 6.07) is -0.626. The Morgan fingerprint density at radius 1 is 0.368 bits per heavy atom. The van der Waals surface area contributed by atoms with Crippen molar-refractivity contribution in [2.45, 2.75) is 386 Å². The van der Waals surface area contributed by atoms with Gasteiger partial charge in [0.1, 0.15) is 0 Å². The highest BCUT2D eigenvalue weighted by molar-refractivity contribution is 5.76. The molecule has 0 heterocycles. The van der Waals surface area contributed by atoms with Gasteiger partial charge in [-0.05, 0) is 64.2 Å². The molecule has 0 aliphatic rings. The van der Waals surface area contributed by atoms with Crippen LogP contribution in [0.1, 0.15) is 373 Å². The number of aliphatic hydroxyl groups excluding tert-OH is 2. The predicted octanol–water partition coefficient (Wildman–Crippen LogP) is 21.9. The van der Waals surface area contributed by atoms with E-state index in [2.05, 4.69) is 43.5 Å². The van der Waals surface area contributed by atoms with E-state index in [1.54, 1.807) is 6.08 Å². The fourth-order valence-corrected chi connectivity index (χ4v) is 10.7. The van der Waals surface area contributed by atoms with E-state index in [0.717, 1.165) is 51.4 Å². The van der Waals surface area contributed by atoms with Crippen LogP contribution in [0.5, 0.6) is 0 Å². The molecule has 0 fully saturated rings. The summed E-state index contributed by atoms with van der Waals surface area (Å²) < 4.78 is 5.51. The molecule has 2 atom stereocenters. The average Bonchev–Trinajstić information content (AvgIpc) is 3.42. The van der Waals surface area contributed by atoms with Crippen molar-refractivity contribution in [2.75, 3.05) is 13.2 Å². The summed E-state index contributed by atoms with van der Waals surface area (Å²) in [6.45, 7) is 4.90. The fraction of sp³-hybridized carbons (Fsp3) is 0.886. The molecule has 448 valence electrons. The molecule has 3 N–H and O–H groups in total. The van der Waals surface area contributed by atoms with Gasteiger partial charge in [0.25, 0.3) is 0 Å². The standard InChI is InChI=1S/C70H133NO5/c1-3-5-7-9-11-13-15-17-19-20-29-33-36-40-44-48-52-56-60-64-70(75)76-65-61-57-53-49-45-41-37-34-31-28-26-24-22-21-23-25-27-30-32-35-39-43-47-51-55-59-63-69(74)71-67(66-72)68(73)62-58-54-50-46-42-38-18-16-14-12-10-8-6-4-2/h11,13,17,19,58,62,67-68,72-73H,3-10,12,14-16,18,20-57,59-61,63-66H2,1-2H3,(H,71,74)/b13-11-,19-17-,62-58+. The van der Waals surface area contributed by atoms with Gasteiger partial charge < -0.3 is 20.3 Å². The normalized spacial score (nSPS) is 12.7. The van der Waals surface area contributed by atoms with E-state index in [1.807, 2.05) is 6.08 Å². The average molecular weight is 1070 g/mol. The van der Waals surface area contributed by atoms with E-state index < -0.39 is 12.1 Å². The lowest BCUT2D eigenvalue weighted by atomic mass is 10.0. The highest BCUT2D eigenvalue weighted by Gasteiger charge is 2.18. The number of esters is 1. The SMILES string of the molecule is CCCCC/C=C\C/C=C\CCCCCCCCCCCC(=O)OCCCCCCCCCCCCCCCCCCCCCCCCCCCCC(=O)NC(CO)C(O)/C=C/CCCCCCCCCCCCCC. The van der Waals surface area contributed by atoms with Crippen molar-refractivity contribution < 1.29 is 24.5 Å². The molecule has 0 aromatic carbocycles. The highest BCUT2D eigenvalue weighted by atomic mass is 16.5. The Morgan fingerprint density at radius 2 is 0.658 bits per heavy atom. The topological polar surface area (TPSA) is 95.9 Å². The number of allylic oxidation sites excluding steroid dienone is 5. The number of hydrogen-bond donors (Lipinski definition) is 3. The molecule has 2 unspecified atom stereocenters. The first-order valence-electron chi connectivity index (χ1n) is 34.3. The maximum absolute atomic E-state index is 12.5. The number of aliphatic hydroxyl groups is 2. The van der Waals surface area contributed by atoms with Crippen LogP contribution in [-0.2, 0) is 14.3 Å². The van der Waals surface area contributed by atoms with Crippen molar-refractivity contribution in [1.29, 1.82) is 0 Å². The molecule has 6 heteroatoms. The number of rotatable bonds is 64. The summed E-state index contributed by atoms with van der Waals surface area (Å²) in [5, 5.41) is 23.1. The van der Waals surface area contributed by atoms with Crippen LogP contribution in [0.2, 0.25) is 0 Å². The summed E-state index contributed by atoms with van der Waals surface area (Å²) in [5.41, 5.74) is 0. The fourth-order valence-electron chi connectivity index (χ4n) is 10.7. The van der Waals surface area contributed by atoms with Gasteiger partial charge >= 0.3 is 5.97 Å². The maximum atomic E-state index is 12.5. The third kappa shape index (κ3) is 61.3. The van der Waals surface area contributed by atoms with Crippen LogP contribution in [0.3, 0.4) is 0 Å². The lowest BCUT2D eigenvalue weighted by Crippen LogP contribution is -2.45. The number of carbonyl (C=O) groups excluding carboxylic acids is 2. The Hall–Kier alpha value is -1.92. The second kappa shape index (κ2) is 65.6. The lowest BCUT2D eigenvalue weighted by molar-refractivity contribution is -0.143. The molecule has 0 rings (SSSR count). The molecule has 0 aromatic rings. The Labute approximate surface area is 474 Å². The summed E-state index contributed by atoms with van der Waals surface area (Å²) >= 11 is 0. The minimum Gasteiger partial charge on any atom is -0.466 e. The number of amides is 1. The van der Waals surface area contributed by atoms with E-state index in [4.69, 9.17) is 4.74 Å². The summed E-state index contributed by atoms with van der Waals surface area (Å²) in [4.78, 5) is 24.6. The third-order valence-corrected chi connectivity index (χ3v) is 15.9. The highest BCUT2D eigenvalue weighted by Crippen LogP contribution is 2.18. The number of nitrogens with one attached hydrogen (secondary N) is 1. The molecule has 0 saturated heterocycles. The van der Waals surface area contributed by atoms with Gasteiger partial charge in [0, 0.05) is 12.8 Å². The largest absolute Gasteiger partial charge is 0.466 e. The van der Waals surface area contributed by atoms with Crippen LogP contribution < -0.4 is 5.32 Å². The zero-order valence-corrected chi connectivity index (χ0v) is 51.3. The van der Waals surface area contributed by atoms with Gasteiger partial charge in [-0.3, -0.25) is 9.59 Å². The van der Waals surface area contributed by atoms with Crippen molar-refractivity contribution in [1.82, 2.24) is 5.32 Å². The lowest BCUT2D eigenvalue weighted by Gasteiger charge is -2.20. The zero-order chi connectivity index (χ0) is 55.0. The van der Waals surface area contributed by atoms with Crippen LogP contribution in [-0.4, -0.2) is 47.4 Å². The third-order valence-electron chi connectivity index (χ3n) is 15.9. The minimum atomic E-state index is -0.842. The minimum absolute atomic E-state index is 0.0134. The quantitative estimate of drug-likeness (QED) is 0.0320. The van der Waals surface area contributed by atoms with Crippen molar-refractivity contribution >= 4 is 11.9 Å². The maximum Gasteiger partial charge on any atom is 0.305 e. The van der Waals surface area contributed by atoms with Crippen LogP contribution >= 0.6 is 0 Å². The van der Waals surface area contributed by atoms with E-state index >= 15 is 0 Å². The van der Waals surface area contributed by atoms with Gasteiger partial charge in [0.05, 0.1) is 25.4 Å². The van der Waals surface area contributed by atoms with Crippen molar-refractivity contribution in [3.8, 4) is 0 Å². The second-order valence-electron chi connectivity index (χ2n) is 23.5. The van der Waals surface area contributed by atoms with E-state index in [9.17, 15) is 19.8 Å². The molecule has 0 aliphatic heterocycles. The Bertz CT molecular complexity index is 1230. The Kier molecular flexibility index (Phi) is 63.9. The van der Waals surface area contributed by atoms with Crippen molar-refractivity contribution in [2.24, 2.45) is 0 Å². The number of hydrogen-bond acceptors (Lipinski definition) is 5. The van der Waals surface area contributed by atoms with Gasteiger partial charge in [0.15, 0.2) is 0 Å². The molecule has 0 saturated carbocycles. The molecule has 0 aliphatic carbocycles. The summed E-state index contributed by atoms with van der Waals surface area (Å²) in [5.74, 6) is -0.0508. The van der Waals surface area contributed by atoms with Gasteiger partial charge in [-0.15, -0.1) is 0 Å². The smallest absolute Gasteiger partial charge is 0.305 e. The predicted molar refractivity (Wildman–Crippen MR) is 333 cm³/mol. The zero-order valence-electron chi connectivity index (χ0n) is 51.3. The Morgan fingerprint density at radius 3 is 1.03 bits per heavy atom. The van der Waals surface area contributed by atoms with Gasteiger partial charge in [-0.2, -0.15) is 0 Å². The molecule has 0 aromatic heterocycles. The van der Waals surface area contributed by atoms with Gasteiger partial charge in [-0.25, -0.2) is 0 Å². The van der Waals surface area contributed by atoms with E-state index in [-0.39, 0.29) is 18.5 Å². The molecule has 6 nitrogen and oxygen atoms in total. The first-order valence-corrected chi connectivity index (χ1v) is 34.3. The molecular formula is C70H133NO5. The van der Waals surface area contributed by atoms with Crippen molar-refractivity contribution in [3.63, 3.8) is 0 Å². The molecule has 0 bridgehead atoms. The first kappa shape index (κ1) is 74.1. The number of carbonyl (C=O) groups is 2. The van der Waals surface area contributed by atoms with Crippen LogP contribution in [0.4, 0.5) is 0 Å². The van der Waals surface area contributed by atoms with E-state index in [1.165, 1.54) is 295 Å². The molecule has 0 spiro atoms. The second-order valence-corrected chi connectivity index (χ2v) is 23.5. The molecule has 0 radical (unpaired) electrons. The number of ether oxygens (including phenoxy) is 1. The summed E-state index contributed by atoms with van der Waals surface area (Å²) in [6.07, 6.45) is 83.6. The van der Waals surface area contributed by atoms with Crippen LogP contribution in [0.25, 0.3) is 0 Å². The van der Waals surface area contributed by atoms with Crippen LogP contribution in [0, 0.1) is 0 Å². The molecule has 1 amide bonds. The molecular weight excluding hydrogens is 935 g/mol. The first-order chi connectivity index (χ1) is 37.5. The van der Waals surface area contributed by atoms with E-state index in [0.29, 0.717) is 19.4 Å². The molecule has 76 heavy (non-hydrogen) atoms. The van der Waals surface area contributed by atoms with Crippen LogP contribution in [0.15, 0.2) is 36.5 Å². The van der Waals surface area contributed by atoms with Gasteiger partial charge in [-0.1, -0.05) is 333 Å². The monoisotopic (exact) mass is 1070 g/mol. The summed E-state index contributed by atoms with van der Waals surface area (Å²) in [7, 11) is 0. The number of unbranched alkanes of at least 4 members (excludes halogenated alkanes) is 49. The van der Waals surface area contributed by atoms with Crippen molar-refractivity contribution in [3.05, 3.63) is 36.5 Å². The Balaban J connectivity index is 3.35. The van der Waals surface area contributed by atoms with Gasteiger partial charge in [0.2, 0.25) is 5.91 Å².